The molecule has 0 rings (SSSR count). The average Bonchev–Trinajstić information content (AvgIpc) is 2.03. The van der Waals surface area contributed by atoms with Gasteiger partial charge in [-0.15, -0.1) is 0 Å². The topological polar surface area (TPSA) is 0 Å². The van der Waals surface area contributed by atoms with E-state index in [4.69, 9.17) is 0 Å². The predicted octanol–water partition coefficient (Wildman–Crippen LogP) is 3.36. The van der Waals surface area contributed by atoms with Crippen molar-refractivity contribution in [3.63, 3.8) is 0 Å². The molecule has 0 bridgehead atoms. The van der Waals surface area contributed by atoms with E-state index >= 15 is 0 Å². The van der Waals surface area contributed by atoms with Gasteiger partial charge in [-0.1, -0.05) is 0 Å². The van der Waals surface area contributed by atoms with E-state index in [9.17, 15) is 0 Å². The molecule has 0 aromatic rings. The molecule has 2 heteroatoms. The van der Waals surface area contributed by atoms with Crippen molar-refractivity contribution in [2.24, 2.45) is 0 Å². The van der Waals surface area contributed by atoms with Crippen LogP contribution in [0, 0.1) is 27.7 Å². The second kappa shape index (κ2) is 402. The maximum atomic E-state index is 3.25. The van der Waals surface area contributed by atoms with Gasteiger partial charge in [-0.2, -0.15) is 27.7 Å². The molecule has 0 aromatic heterocycles. The Balaban J connectivity index is -0.00000000500. The predicted molar refractivity (Wildman–Crippen MR) is 44.1 cm³/mol. The summed E-state index contributed by atoms with van der Waals surface area (Å²) in [7, 11) is 0. The minimum Gasteiger partial charge on any atom is -0.346 e. The van der Waals surface area contributed by atoms with Crippen molar-refractivity contribution in [2.75, 3.05) is 0 Å². The van der Waals surface area contributed by atoms with Gasteiger partial charge in [0.25, 0.3) is 0 Å². The first kappa shape index (κ1) is 41.8. The third kappa shape index (κ3) is 292. The van der Waals surface area contributed by atoms with Crippen molar-refractivity contribution in [1.82, 2.24) is 0 Å². The molecule has 0 saturated carbocycles. The van der Waals surface area contributed by atoms with Crippen LogP contribution >= 0.6 is 0 Å². The first-order valence-electron chi connectivity index (χ1n) is 2.83. The molecule has 0 heterocycles. The quantitative estimate of drug-likeness (QED) is 0.475. The molecule has 0 fully saturated rings. The van der Waals surface area contributed by atoms with Crippen LogP contribution in [0.15, 0.2) is 0 Å². The molecule has 0 nitrogen and oxygen atoms in total. The van der Waals surface area contributed by atoms with Gasteiger partial charge in [0.2, 0.25) is 0 Å². The average molecular weight is 294 g/mol. The third-order valence-corrected chi connectivity index (χ3v) is 0. The van der Waals surface area contributed by atoms with E-state index in [1.165, 1.54) is 0 Å². The van der Waals surface area contributed by atoms with Crippen LogP contribution < -0.4 is 0 Å². The second-order valence-electron chi connectivity index (χ2n) is 0. The zero-order valence-corrected chi connectivity index (χ0v) is 15.2. The molecule has 0 N–H and O–H groups in total. The molecule has 0 aromatic carbocycles. The number of rotatable bonds is 0. The van der Waals surface area contributed by atoms with Crippen LogP contribution in [0.4, 0.5) is 0 Å². The normalized spacial score (nSPS) is 2.40. The van der Waals surface area contributed by atoms with Gasteiger partial charge >= 0.3 is 46.8 Å². The summed E-state index contributed by atoms with van der Waals surface area (Å²) in [5.74, 6) is 0. The fourth-order valence-electron chi connectivity index (χ4n) is 0. The minimum atomic E-state index is 0. The Kier molecular flexibility index (Phi) is 1680. The van der Waals surface area contributed by atoms with Crippen LogP contribution in [0.5, 0.6) is 0 Å². The van der Waals surface area contributed by atoms with Crippen molar-refractivity contribution < 1.29 is 46.8 Å². The van der Waals surface area contributed by atoms with Gasteiger partial charge in [-0.3, -0.25) is 0 Å². The summed E-state index contributed by atoms with van der Waals surface area (Å²) >= 11 is 0. The Labute approximate surface area is 101 Å². The molecular formula is C8H20CdZn. The van der Waals surface area contributed by atoms with Crippen LogP contribution in [0.25, 0.3) is 0 Å². The summed E-state index contributed by atoms with van der Waals surface area (Å²) in [6, 6.07) is 0. The van der Waals surface area contributed by atoms with Crippen LogP contribution in [-0.4, -0.2) is 0 Å². The standard InChI is InChI=1S/4C2H5.Cd.Zn/c4*1-2;;/h4*1H2,2H3;;/q4*-1;2*+2. The first-order valence-corrected chi connectivity index (χ1v) is 2.83. The van der Waals surface area contributed by atoms with Crippen LogP contribution in [0.3, 0.4) is 0 Å². The van der Waals surface area contributed by atoms with Gasteiger partial charge in [0.05, 0.1) is 0 Å². The van der Waals surface area contributed by atoms with Gasteiger partial charge in [-0.25, -0.2) is 0 Å². The Morgan fingerprint density at radius 1 is 0.500 bits per heavy atom. The molecule has 0 amide bonds. The molecule has 10 heavy (non-hydrogen) atoms. The van der Waals surface area contributed by atoms with E-state index in [1.807, 2.05) is 0 Å². The Hall–Kier alpha value is 1.55. The molecule has 0 aliphatic carbocycles. The van der Waals surface area contributed by atoms with Crippen LogP contribution in [0.2, 0.25) is 0 Å². The number of hydrogen-bond acceptors (Lipinski definition) is 0. The van der Waals surface area contributed by atoms with Gasteiger partial charge < -0.3 is 27.7 Å². The van der Waals surface area contributed by atoms with E-state index in [0.29, 0.717) is 0 Å². The van der Waals surface area contributed by atoms with E-state index in [0.717, 1.165) is 0 Å². The molecule has 0 radical (unpaired) electrons. The smallest absolute Gasteiger partial charge is 0.346 e. The summed E-state index contributed by atoms with van der Waals surface area (Å²) in [5, 5.41) is 0. The third-order valence-electron chi connectivity index (χ3n) is 0. The molecule has 0 atom stereocenters. The van der Waals surface area contributed by atoms with Gasteiger partial charge in [-0.05, 0) is 0 Å². The van der Waals surface area contributed by atoms with Crippen molar-refractivity contribution in [2.45, 2.75) is 27.7 Å². The molecule has 0 aliphatic rings. The fraction of sp³-hybridized carbons (Fsp3) is 0.500. The second-order valence-corrected chi connectivity index (χ2v) is 0. The summed E-state index contributed by atoms with van der Waals surface area (Å²) in [6.07, 6.45) is 0. The zero-order valence-electron chi connectivity index (χ0n) is 8.24. The molecule has 56 valence electrons. The van der Waals surface area contributed by atoms with Crippen LogP contribution in [0.1, 0.15) is 27.7 Å². The Bertz CT molecular complexity index is 9.22. The maximum Gasteiger partial charge on any atom is 2.00 e. The molecule has 0 aliphatic heterocycles. The minimum absolute atomic E-state index is 0. The summed E-state index contributed by atoms with van der Waals surface area (Å²) in [4.78, 5) is 0. The van der Waals surface area contributed by atoms with Crippen molar-refractivity contribution in [3.8, 4) is 0 Å². The van der Waals surface area contributed by atoms with Crippen molar-refractivity contribution in [1.29, 1.82) is 0 Å². The monoisotopic (exact) mass is 294 g/mol. The number of hydrogen-bond donors (Lipinski definition) is 0. The molecule has 0 saturated heterocycles. The fourth-order valence-corrected chi connectivity index (χ4v) is 0. The zero-order chi connectivity index (χ0) is 8.00. The SMILES string of the molecule is [CH2-]C.[CH2-]C.[CH2-]C.[CH2-]C.[Cd+2].[Zn+2]. The van der Waals surface area contributed by atoms with Gasteiger partial charge in [0, 0.05) is 0 Å². The Morgan fingerprint density at radius 2 is 0.500 bits per heavy atom. The van der Waals surface area contributed by atoms with E-state index in [-0.39, 0.29) is 46.8 Å². The maximum absolute atomic E-state index is 3.25. The Morgan fingerprint density at radius 3 is 0.500 bits per heavy atom. The molecule has 0 spiro atoms. The van der Waals surface area contributed by atoms with Crippen LogP contribution in [-0.2, 0) is 46.8 Å². The largest absolute Gasteiger partial charge is 2.00 e. The van der Waals surface area contributed by atoms with Crippen molar-refractivity contribution >= 4 is 0 Å². The van der Waals surface area contributed by atoms with Gasteiger partial charge in [0.1, 0.15) is 0 Å². The van der Waals surface area contributed by atoms with E-state index in [2.05, 4.69) is 27.7 Å². The first-order chi connectivity index (χ1) is 4.00. The summed E-state index contributed by atoms with van der Waals surface area (Å²) in [5.41, 5.74) is 0. The summed E-state index contributed by atoms with van der Waals surface area (Å²) < 4.78 is 0. The van der Waals surface area contributed by atoms with E-state index in [1.54, 1.807) is 27.7 Å². The molecular weight excluding hydrogens is 274 g/mol. The summed E-state index contributed by atoms with van der Waals surface area (Å²) in [6.45, 7) is 20.0. The molecule has 0 unspecified atom stereocenters. The van der Waals surface area contributed by atoms with E-state index < -0.39 is 0 Å². The van der Waals surface area contributed by atoms with Gasteiger partial charge in [0.15, 0.2) is 0 Å². The van der Waals surface area contributed by atoms with Crippen molar-refractivity contribution in [3.05, 3.63) is 27.7 Å².